The van der Waals surface area contributed by atoms with Crippen LogP contribution in [-0.4, -0.2) is 23.4 Å². The SMILES string of the molecule is COc1c(CCN)c(C(C)(C)C)nn1-c1cccc(Cl)c1. The molecule has 0 saturated carbocycles. The minimum absolute atomic E-state index is 0.0817. The molecule has 0 atom stereocenters. The molecule has 0 aliphatic rings. The number of hydrogen-bond donors (Lipinski definition) is 1. The summed E-state index contributed by atoms with van der Waals surface area (Å²) in [6, 6.07) is 7.57. The molecule has 2 N–H and O–H groups in total. The second-order valence-electron chi connectivity index (χ2n) is 6.02. The largest absolute Gasteiger partial charge is 0.481 e. The zero-order valence-electron chi connectivity index (χ0n) is 13.0. The lowest BCUT2D eigenvalue weighted by Crippen LogP contribution is -2.16. The zero-order chi connectivity index (χ0) is 15.6. The van der Waals surface area contributed by atoms with Crippen molar-refractivity contribution < 1.29 is 4.74 Å². The van der Waals surface area contributed by atoms with E-state index in [9.17, 15) is 0 Å². The predicted molar refractivity (Wildman–Crippen MR) is 86.6 cm³/mol. The molecule has 2 rings (SSSR count). The van der Waals surface area contributed by atoms with Gasteiger partial charge in [-0.05, 0) is 31.2 Å². The Balaban J connectivity index is 2.66. The van der Waals surface area contributed by atoms with E-state index in [1.54, 1.807) is 11.8 Å². The average molecular weight is 308 g/mol. The molecule has 21 heavy (non-hydrogen) atoms. The third-order valence-corrected chi connectivity index (χ3v) is 3.52. The summed E-state index contributed by atoms with van der Waals surface area (Å²) < 4.78 is 7.40. The fourth-order valence-corrected chi connectivity index (χ4v) is 2.58. The second kappa shape index (κ2) is 6.08. The Morgan fingerprint density at radius 3 is 2.57 bits per heavy atom. The van der Waals surface area contributed by atoms with Crippen molar-refractivity contribution in [3.8, 4) is 11.6 Å². The van der Waals surface area contributed by atoms with Gasteiger partial charge in [-0.25, -0.2) is 4.68 Å². The van der Waals surface area contributed by atoms with Gasteiger partial charge in [0, 0.05) is 16.0 Å². The van der Waals surface area contributed by atoms with Crippen molar-refractivity contribution in [2.24, 2.45) is 5.73 Å². The molecule has 114 valence electrons. The number of halogens is 1. The maximum atomic E-state index is 6.09. The topological polar surface area (TPSA) is 53.1 Å². The van der Waals surface area contributed by atoms with Crippen LogP contribution in [0.2, 0.25) is 5.02 Å². The Hall–Kier alpha value is -1.52. The van der Waals surface area contributed by atoms with E-state index >= 15 is 0 Å². The quantitative estimate of drug-likeness (QED) is 0.942. The lowest BCUT2D eigenvalue weighted by Gasteiger charge is -2.17. The maximum absolute atomic E-state index is 6.09. The molecule has 1 heterocycles. The van der Waals surface area contributed by atoms with E-state index < -0.39 is 0 Å². The second-order valence-corrected chi connectivity index (χ2v) is 6.45. The van der Waals surface area contributed by atoms with Gasteiger partial charge in [0.15, 0.2) is 0 Å². The Kier molecular flexibility index (Phi) is 4.59. The molecule has 0 spiro atoms. The molecule has 0 fully saturated rings. The monoisotopic (exact) mass is 307 g/mol. The molecule has 1 aromatic heterocycles. The third-order valence-electron chi connectivity index (χ3n) is 3.29. The van der Waals surface area contributed by atoms with Gasteiger partial charge in [0.25, 0.3) is 0 Å². The molecule has 0 amide bonds. The minimum atomic E-state index is -0.0817. The Bertz CT molecular complexity index is 629. The fourth-order valence-electron chi connectivity index (χ4n) is 2.40. The third kappa shape index (κ3) is 3.22. The summed E-state index contributed by atoms with van der Waals surface area (Å²) >= 11 is 6.09. The van der Waals surface area contributed by atoms with E-state index in [-0.39, 0.29) is 5.41 Å². The number of nitrogens with zero attached hydrogens (tertiary/aromatic N) is 2. The van der Waals surface area contributed by atoms with E-state index in [1.165, 1.54) is 0 Å². The summed E-state index contributed by atoms with van der Waals surface area (Å²) in [5.41, 5.74) is 8.62. The highest BCUT2D eigenvalue weighted by molar-refractivity contribution is 6.30. The van der Waals surface area contributed by atoms with Gasteiger partial charge < -0.3 is 10.5 Å². The summed E-state index contributed by atoms with van der Waals surface area (Å²) in [6.45, 7) is 6.96. The van der Waals surface area contributed by atoms with Crippen molar-refractivity contribution in [2.75, 3.05) is 13.7 Å². The smallest absolute Gasteiger partial charge is 0.219 e. The molecular formula is C16H22ClN3O. The molecule has 4 nitrogen and oxygen atoms in total. The summed E-state index contributed by atoms with van der Waals surface area (Å²) in [5.74, 6) is 0.729. The molecule has 0 bridgehead atoms. The normalized spacial score (nSPS) is 11.7. The standard InChI is InChI=1S/C16H22ClN3O/c1-16(2,3)14-13(8-9-18)15(21-4)20(19-14)12-7-5-6-11(17)10-12/h5-7,10H,8-9,18H2,1-4H3. The van der Waals surface area contributed by atoms with Gasteiger partial charge in [-0.3, -0.25) is 0 Å². The van der Waals surface area contributed by atoms with Crippen LogP contribution in [0.4, 0.5) is 0 Å². The van der Waals surface area contributed by atoms with E-state index in [2.05, 4.69) is 20.8 Å². The first-order chi connectivity index (χ1) is 9.88. The minimum Gasteiger partial charge on any atom is -0.481 e. The van der Waals surface area contributed by atoms with E-state index in [0.29, 0.717) is 11.6 Å². The first-order valence-electron chi connectivity index (χ1n) is 7.01. The lowest BCUT2D eigenvalue weighted by atomic mass is 9.88. The van der Waals surface area contributed by atoms with E-state index in [4.69, 9.17) is 27.2 Å². The average Bonchev–Trinajstić information content (AvgIpc) is 2.77. The summed E-state index contributed by atoms with van der Waals surface area (Å²) in [4.78, 5) is 0. The molecule has 0 saturated heterocycles. The van der Waals surface area contributed by atoms with Crippen LogP contribution in [0.5, 0.6) is 5.88 Å². The van der Waals surface area contributed by atoms with Crippen LogP contribution in [0.25, 0.3) is 5.69 Å². The van der Waals surface area contributed by atoms with Gasteiger partial charge in [0.1, 0.15) is 0 Å². The van der Waals surface area contributed by atoms with Gasteiger partial charge in [-0.15, -0.1) is 0 Å². The molecule has 2 aromatic rings. The summed E-state index contributed by atoms with van der Waals surface area (Å²) in [5, 5.41) is 5.43. The van der Waals surface area contributed by atoms with Crippen molar-refractivity contribution in [1.82, 2.24) is 9.78 Å². The Morgan fingerprint density at radius 1 is 1.33 bits per heavy atom. The molecule has 0 aliphatic carbocycles. The van der Waals surface area contributed by atoms with Crippen LogP contribution < -0.4 is 10.5 Å². The van der Waals surface area contributed by atoms with Crippen molar-refractivity contribution in [2.45, 2.75) is 32.6 Å². The highest BCUT2D eigenvalue weighted by Gasteiger charge is 2.27. The highest BCUT2D eigenvalue weighted by atomic mass is 35.5. The molecule has 5 heteroatoms. The number of benzene rings is 1. The van der Waals surface area contributed by atoms with Crippen molar-refractivity contribution in [1.29, 1.82) is 0 Å². The van der Waals surface area contributed by atoms with Crippen LogP contribution in [0.3, 0.4) is 0 Å². The Labute approximate surface area is 130 Å². The molecule has 0 unspecified atom stereocenters. The summed E-state index contributed by atoms with van der Waals surface area (Å²) in [6.07, 6.45) is 0.732. The molecule has 1 aromatic carbocycles. The van der Waals surface area contributed by atoms with Gasteiger partial charge >= 0.3 is 0 Å². The Morgan fingerprint density at radius 2 is 2.05 bits per heavy atom. The number of aromatic nitrogens is 2. The summed E-state index contributed by atoms with van der Waals surface area (Å²) in [7, 11) is 1.66. The van der Waals surface area contributed by atoms with Crippen LogP contribution in [-0.2, 0) is 11.8 Å². The number of nitrogens with two attached hydrogens (primary N) is 1. The lowest BCUT2D eigenvalue weighted by molar-refractivity contribution is 0.379. The van der Waals surface area contributed by atoms with Crippen LogP contribution in [0, 0.1) is 0 Å². The van der Waals surface area contributed by atoms with Crippen LogP contribution in [0.1, 0.15) is 32.0 Å². The van der Waals surface area contributed by atoms with Gasteiger partial charge in [0.2, 0.25) is 5.88 Å². The molecular weight excluding hydrogens is 286 g/mol. The number of methoxy groups -OCH3 is 1. The fraction of sp³-hybridized carbons (Fsp3) is 0.438. The predicted octanol–water partition coefficient (Wildman–Crippen LogP) is 3.33. The maximum Gasteiger partial charge on any atom is 0.219 e. The first-order valence-corrected chi connectivity index (χ1v) is 7.38. The van der Waals surface area contributed by atoms with Gasteiger partial charge in [0.05, 0.1) is 18.5 Å². The number of hydrogen-bond acceptors (Lipinski definition) is 3. The highest BCUT2D eigenvalue weighted by Crippen LogP contribution is 2.33. The van der Waals surface area contributed by atoms with E-state index in [1.807, 2.05) is 24.3 Å². The molecule has 0 radical (unpaired) electrons. The first kappa shape index (κ1) is 15.9. The zero-order valence-corrected chi connectivity index (χ0v) is 13.7. The van der Waals surface area contributed by atoms with E-state index in [0.717, 1.165) is 29.2 Å². The van der Waals surface area contributed by atoms with Gasteiger partial charge in [-0.2, -0.15) is 5.10 Å². The van der Waals surface area contributed by atoms with Crippen molar-refractivity contribution in [3.05, 3.63) is 40.5 Å². The van der Waals surface area contributed by atoms with Crippen LogP contribution >= 0.6 is 11.6 Å². The van der Waals surface area contributed by atoms with Crippen LogP contribution in [0.15, 0.2) is 24.3 Å². The number of rotatable bonds is 4. The molecule has 0 aliphatic heterocycles. The van der Waals surface area contributed by atoms with Crippen molar-refractivity contribution in [3.63, 3.8) is 0 Å². The number of ether oxygens (including phenoxy) is 1. The van der Waals surface area contributed by atoms with Gasteiger partial charge in [-0.1, -0.05) is 38.4 Å². The van der Waals surface area contributed by atoms with Crippen molar-refractivity contribution >= 4 is 11.6 Å².